The van der Waals surface area contributed by atoms with Crippen LogP contribution >= 0.6 is 0 Å². The van der Waals surface area contributed by atoms with E-state index in [1.54, 1.807) is 12.1 Å². The molecule has 1 N–H and O–H groups in total. The average Bonchev–Trinajstić information content (AvgIpc) is 2.54. The molecule has 23 heavy (non-hydrogen) atoms. The van der Waals surface area contributed by atoms with Gasteiger partial charge < -0.3 is 14.8 Å². The zero-order chi connectivity index (χ0) is 16.8. The summed E-state index contributed by atoms with van der Waals surface area (Å²) in [5, 5.41) is 11.1. The van der Waals surface area contributed by atoms with Crippen LogP contribution in [-0.2, 0) is 4.74 Å². The van der Waals surface area contributed by atoms with Crippen molar-refractivity contribution in [3.63, 3.8) is 0 Å². The number of carbonyl (C=O) groups excluding carboxylic acids is 1. The number of carbonyl (C=O) groups is 1. The molecule has 6 nitrogen and oxygen atoms in total. The molecule has 0 fully saturated rings. The fraction of sp³-hybridized carbons (Fsp3) is 0.353. The molecule has 1 aromatic carbocycles. The van der Waals surface area contributed by atoms with Gasteiger partial charge in [0, 0.05) is 5.56 Å². The van der Waals surface area contributed by atoms with Crippen LogP contribution in [0.3, 0.4) is 0 Å². The van der Waals surface area contributed by atoms with Crippen LogP contribution in [0, 0.1) is 0 Å². The predicted octanol–water partition coefficient (Wildman–Crippen LogP) is 3.22. The second kappa shape index (κ2) is 7.58. The summed E-state index contributed by atoms with van der Waals surface area (Å²) in [6.45, 7) is 6.00. The Morgan fingerprint density at radius 3 is 2.43 bits per heavy atom. The summed E-state index contributed by atoms with van der Waals surface area (Å²) in [5.74, 6) is 0.902. The molecule has 2 rings (SSSR count). The molecule has 0 radical (unpaired) electrons. The van der Waals surface area contributed by atoms with Gasteiger partial charge >= 0.3 is 5.97 Å². The molecule has 1 atom stereocenters. The molecule has 1 heterocycles. The van der Waals surface area contributed by atoms with E-state index in [0.717, 1.165) is 11.3 Å². The number of hydrogen-bond donors (Lipinski definition) is 1. The molecular formula is C17H21N3O3. The highest BCUT2D eigenvalue weighted by molar-refractivity contribution is 5.86. The van der Waals surface area contributed by atoms with Gasteiger partial charge in [-0.05, 0) is 39.0 Å². The predicted molar refractivity (Wildman–Crippen MR) is 87.6 cm³/mol. The number of ether oxygens (including phenoxy) is 2. The van der Waals surface area contributed by atoms with Gasteiger partial charge in [0.25, 0.3) is 0 Å². The monoisotopic (exact) mass is 315 g/mol. The lowest BCUT2D eigenvalue weighted by Gasteiger charge is -2.20. The smallest absolute Gasteiger partial charge is 0.358 e. The van der Waals surface area contributed by atoms with Crippen LogP contribution in [0.1, 0.15) is 42.9 Å². The molecule has 0 amide bonds. The zero-order valence-electron chi connectivity index (χ0n) is 13.7. The Morgan fingerprint density at radius 2 is 1.83 bits per heavy atom. The molecule has 0 aliphatic carbocycles. The normalized spacial score (nSPS) is 11.9. The van der Waals surface area contributed by atoms with Gasteiger partial charge in [-0.2, -0.15) is 0 Å². The Balaban J connectivity index is 2.13. The second-order valence-electron chi connectivity index (χ2n) is 5.37. The number of methoxy groups -OCH3 is 1. The first-order valence-corrected chi connectivity index (χ1v) is 7.45. The summed E-state index contributed by atoms with van der Waals surface area (Å²) >= 11 is 0. The summed E-state index contributed by atoms with van der Waals surface area (Å²) in [5.41, 5.74) is 1.20. The van der Waals surface area contributed by atoms with Gasteiger partial charge in [0.2, 0.25) is 0 Å². The van der Waals surface area contributed by atoms with Crippen LogP contribution in [0.4, 0.5) is 5.82 Å². The van der Waals surface area contributed by atoms with Gasteiger partial charge in [-0.1, -0.05) is 18.2 Å². The van der Waals surface area contributed by atoms with Crippen molar-refractivity contribution >= 4 is 11.8 Å². The largest absolute Gasteiger partial charge is 0.491 e. The number of aromatic nitrogens is 2. The number of nitrogens with one attached hydrogen (secondary N) is 1. The number of benzene rings is 1. The van der Waals surface area contributed by atoms with E-state index in [4.69, 9.17) is 4.74 Å². The fourth-order valence-corrected chi connectivity index (χ4v) is 2.12. The standard InChI is InChI=1S/C17H21N3O3/c1-11(2)23-15-8-6-5-7-13(15)12(3)18-16-10-9-14(19-20-16)17(21)22-4/h5-12H,1-4H3,(H,18,20)/t12-/m0/s1. The Labute approximate surface area is 135 Å². The number of rotatable bonds is 6. The summed E-state index contributed by atoms with van der Waals surface area (Å²) in [6, 6.07) is 11.1. The highest BCUT2D eigenvalue weighted by atomic mass is 16.5. The summed E-state index contributed by atoms with van der Waals surface area (Å²) in [6.07, 6.45) is 0.0995. The maximum absolute atomic E-state index is 11.4. The molecule has 0 saturated carbocycles. The molecule has 0 spiro atoms. The van der Waals surface area contributed by atoms with Gasteiger partial charge in [-0.15, -0.1) is 10.2 Å². The van der Waals surface area contributed by atoms with Crippen molar-refractivity contribution in [2.45, 2.75) is 32.9 Å². The van der Waals surface area contributed by atoms with Crippen LogP contribution in [0.5, 0.6) is 5.75 Å². The van der Waals surface area contributed by atoms with Gasteiger partial charge in [0.05, 0.1) is 19.3 Å². The van der Waals surface area contributed by atoms with Gasteiger partial charge in [-0.25, -0.2) is 4.79 Å². The van der Waals surface area contributed by atoms with Crippen molar-refractivity contribution in [1.82, 2.24) is 10.2 Å². The van der Waals surface area contributed by atoms with Crippen LogP contribution < -0.4 is 10.1 Å². The molecule has 0 aliphatic heterocycles. The first-order valence-electron chi connectivity index (χ1n) is 7.45. The van der Waals surface area contributed by atoms with E-state index in [1.165, 1.54) is 7.11 Å². The SMILES string of the molecule is COC(=O)c1ccc(N[C@@H](C)c2ccccc2OC(C)C)nn1. The number of para-hydroxylation sites is 1. The quantitative estimate of drug-likeness (QED) is 0.825. The van der Waals surface area contributed by atoms with Gasteiger partial charge in [-0.3, -0.25) is 0 Å². The number of nitrogens with zero attached hydrogens (tertiary/aromatic N) is 2. The van der Waals surface area contributed by atoms with E-state index in [1.807, 2.05) is 45.0 Å². The first kappa shape index (κ1) is 16.7. The third-order valence-corrected chi connectivity index (χ3v) is 3.17. The molecule has 0 unspecified atom stereocenters. The molecule has 0 aliphatic rings. The van der Waals surface area contributed by atoms with Crippen molar-refractivity contribution in [1.29, 1.82) is 0 Å². The number of hydrogen-bond acceptors (Lipinski definition) is 6. The number of esters is 1. The highest BCUT2D eigenvalue weighted by Crippen LogP contribution is 2.27. The lowest BCUT2D eigenvalue weighted by Crippen LogP contribution is -2.13. The molecule has 1 aromatic heterocycles. The van der Waals surface area contributed by atoms with E-state index < -0.39 is 5.97 Å². The fourth-order valence-electron chi connectivity index (χ4n) is 2.12. The Morgan fingerprint density at radius 1 is 1.09 bits per heavy atom. The lowest BCUT2D eigenvalue weighted by molar-refractivity contribution is 0.0593. The van der Waals surface area contributed by atoms with E-state index in [0.29, 0.717) is 5.82 Å². The van der Waals surface area contributed by atoms with Crippen LogP contribution in [0.2, 0.25) is 0 Å². The van der Waals surface area contributed by atoms with E-state index >= 15 is 0 Å². The maximum atomic E-state index is 11.4. The van der Waals surface area contributed by atoms with Crippen LogP contribution in [0.25, 0.3) is 0 Å². The molecule has 2 aromatic rings. The zero-order valence-corrected chi connectivity index (χ0v) is 13.7. The maximum Gasteiger partial charge on any atom is 0.358 e. The first-order chi connectivity index (χ1) is 11.0. The minimum Gasteiger partial charge on any atom is -0.491 e. The van der Waals surface area contributed by atoms with Crippen molar-refractivity contribution in [2.24, 2.45) is 0 Å². The van der Waals surface area contributed by atoms with Crippen molar-refractivity contribution in [3.8, 4) is 5.75 Å². The third-order valence-electron chi connectivity index (χ3n) is 3.17. The van der Waals surface area contributed by atoms with E-state index in [-0.39, 0.29) is 17.8 Å². The Bertz CT molecular complexity index is 656. The average molecular weight is 315 g/mol. The minimum absolute atomic E-state index is 0.0248. The topological polar surface area (TPSA) is 73.3 Å². The van der Waals surface area contributed by atoms with Gasteiger partial charge in [0.15, 0.2) is 5.69 Å². The summed E-state index contributed by atoms with van der Waals surface area (Å²) in [4.78, 5) is 11.4. The van der Waals surface area contributed by atoms with Crippen LogP contribution in [-0.4, -0.2) is 29.4 Å². The number of anilines is 1. The second-order valence-corrected chi connectivity index (χ2v) is 5.37. The van der Waals surface area contributed by atoms with Crippen LogP contribution in [0.15, 0.2) is 36.4 Å². The minimum atomic E-state index is -0.507. The van der Waals surface area contributed by atoms with E-state index in [2.05, 4.69) is 20.3 Å². The van der Waals surface area contributed by atoms with Gasteiger partial charge in [0.1, 0.15) is 11.6 Å². The highest BCUT2D eigenvalue weighted by Gasteiger charge is 2.14. The lowest BCUT2D eigenvalue weighted by atomic mass is 10.1. The van der Waals surface area contributed by atoms with Crippen molar-refractivity contribution < 1.29 is 14.3 Å². The molecule has 6 heteroatoms. The molecule has 122 valence electrons. The van der Waals surface area contributed by atoms with Crippen molar-refractivity contribution in [3.05, 3.63) is 47.7 Å². The molecular weight excluding hydrogens is 294 g/mol. The van der Waals surface area contributed by atoms with E-state index in [9.17, 15) is 4.79 Å². The van der Waals surface area contributed by atoms with Crippen molar-refractivity contribution in [2.75, 3.05) is 12.4 Å². The Kier molecular flexibility index (Phi) is 5.51. The summed E-state index contributed by atoms with van der Waals surface area (Å²) < 4.78 is 10.4. The molecule has 0 saturated heterocycles. The third kappa shape index (κ3) is 4.42. The molecule has 0 bridgehead atoms. The summed E-state index contributed by atoms with van der Waals surface area (Å²) in [7, 11) is 1.31. The Hall–Kier alpha value is -2.63.